The summed E-state index contributed by atoms with van der Waals surface area (Å²) < 4.78 is 45.3. The van der Waals surface area contributed by atoms with Crippen molar-refractivity contribution in [2.24, 2.45) is 0 Å². The Morgan fingerprint density at radius 2 is 1.60 bits per heavy atom. The van der Waals surface area contributed by atoms with E-state index in [1.54, 1.807) is 23.9 Å². The smallest absolute Gasteiger partial charge is 0.418 e. The second-order valence-electron chi connectivity index (χ2n) is 7.55. The van der Waals surface area contributed by atoms with E-state index in [0.717, 1.165) is 4.90 Å². The van der Waals surface area contributed by atoms with Gasteiger partial charge in [-0.15, -0.1) is 11.8 Å². The van der Waals surface area contributed by atoms with Crippen molar-refractivity contribution in [2.45, 2.75) is 63.0 Å². The maximum absolute atomic E-state index is 13.0. The van der Waals surface area contributed by atoms with Crippen molar-refractivity contribution in [2.75, 3.05) is 6.26 Å². The van der Waals surface area contributed by atoms with Crippen LogP contribution < -0.4 is 0 Å². The molecule has 1 aromatic carbocycles. The van der Waals surface area contributed by atoms with Crippen LogP contribution in [0.4, 0.5) is 13.2 Å². The van der Waals surface area contributed by atoms with E-state index in [1.165, 1.54) is 6.92 Å². The molecule has 7 heteroatoms. The Labute approximate surface area is 153 Å². The van der Waals surface area contributed by atoms with Gasteiger partial charge in [-0.1, -0.05) is 32.9 Å². The molecule has 0 aromatic heterocycles. The van der Waals surface area contributed by atoms with Crippen LogP contribution in [0.5, 0.6) is 0 Å². The maximum atomic E-state index is 13.0. The van der Waals surface area contributed by atoms with Gasteiger partial charge in [0.25, 0.3) is 8.32 Å². The Balaban J connectivity index is 3.46. The SMILES string of the molecule is CSc1ccc(/C(O[Si](C)(C)C(C)(C)C)=C(\C)[C@@H](O)C(F)(F)F)cc1. The molecule has 0 bridgehead atoms. The highest BCUT2D eigenvalue weighted by Crippen LogP contribution is 2.41. The molecule has 2 nitrogen and oxygen atoms in total. The van der Waals surface area contributed by atoms with Crippen LogP contribution in [0.25, 0.3) is 5.76 Å². The van der Waals surface area contributed by atoms with Gasteiger partial charge in [-0.3, -0.25) is 0 Å². The fourth-order valence-electron chi connectivity index (χ4n) is 1.89. The number of alkyl halides is 3. The lowest BCUT2D eigenvalue weighted by molar-refractivity contribution is -0.191. The highest BCUT2D eigenvalue weighted by atomic mass is 32.2. The summed E-state index contributed by atoms with van der Waals surface area (Å²) in [6, 6.07) is 7.15. The van der Waals surface area contributed by atoms with Crippen molar-refractivity contribution >= 4 is 25.8 Å². The molecule has 0 aliphatic heterocycles. The molecule has 1 N–H and O–H groups in total. The normalized spacial score (nSPS) is 15.6. The molecule has 0 aliphatic carbocycles. The van der Waals surface area contributed by atoms with Gasteiger partial charge in [-0.05, 0) is 43.4 Å². The predicted molar refractivity (Wildman–Crippen MR) is 101 cm³/mol. The fraction of sp³-hybridized carbons (Fsp3) is 0.556. The van der Waals surface area contributed by atoms with E-state index < -0.39 is 20.6 Å². The van der Waals surface area contributed by atoms with Crippen LogP contribution in [-0.2, 0) is 4.43 Å². The number of aliphatic hydroxyl groups excluding tert-OH is 1. The van der Waals surface area contributed by atoms with Crippen molar-refractivity contribution in [1.29, 1.82) is 0 Å². The third-order valence-electron chi connectivity index (χ3n) is 4.59. The summed E-state index contributed by atoms with van der Waals surface area (Å²) in [5.41, 5.74) is 0.331. The van der Waals surface area contributed by atoms with Gasteiger partial charge in [-0.25, -0.2) is 0 Å². The first-order chi connectivity index (χ1) is 11.2. The molecule has 0 heterocycles. The van der Waals surface area contributed by atoms with Crippen molar-refractivity contribution in [3.05, 3.63) is 35.4 Å². The van der Waals surface area contributed by atoms with Crippen LogP contribution >= 0.6 is 11.8 Å². The molecule has 142 valence electrons. The number of thioether (sulfide) groups is 1. The molecule has 1 rings (SSSR count). The number of hydrogen-bond acceptors (Lipinski definition) is 3. The van der Waals surface area contributed by atoms with Crippen LogP contribution in [0.15, 0.2) is 34.7 Å². The summed E-state index contributed by atoms with van der Waals surface area (Å²) in [6.45, 7) is 11.3. The molecule has 0 saturated heterocycles. The summed E-state index contributed by atoms with van der Waals surface area (Å²) in [7, 11) is -2.38. The van der Waals surface area contributed by atoms with E-state index in [4.69, 9.17) is 4.43 Å². The Morgan fingerprint density at radius 1 is 1.12 bits per heavy atom. The van der Waals surface area contributed by atoms with E-state index in [2.05, 4.69) is 0 Å². The Hall–Kier alpha value is -0.923. The first-order valence-corrected chi connectivity index (χ1v) is 12.1. The van der Waals surface area contributed by atoms with Crippen LogP contribution in [0.1, 0.15) is 33.3 Å². The van der Waals surface area contributed by atoms with E-state index in [9.17, 15) is 18.3 Å². The molecule has 0 amide bonds. The molecule has 1 atom stereocenters. The highest BCUT2D eigenvalue weighted by Gasteiger charge is 2.43. The number of rotatable bonds is 5. The molecule has 0 unspecified atom stereocenters. The second kappa shape index (κ2) is 7.76. The number of aliphatic hydroxyl groups is 1. The third-order valence-corrected chi connectivity index (χ3v) is 9.66. The summed E-state index contributed by atoms with van der Waals surface area (Å²) in [5, 5.41) is 9.56. The van der Waals surface area contributed by atoms with Gasteiger partial charge in [0.1, 0.15) is 5.76 Å². The van der Waals surface area contributed by atoms with E-state index in [1.807, 2.05) is 52.3 Å². The maximum Gasteiger partial charge on any atom is 0.418 e. The Kier molecular flexibility index (Phi) is 6.86. The summed E-state index contributed by atoms with van der Waals surface area (Å²) in [6.07, 6.45) is -5.35. The van der Waals surface area contributed by atoms with Crippen LogP contribution in [-0.4, -0.2) is 32.0 Å². The molecule has 0 saturated carbocycles. The summed E-state index contributed by atoms with van der Waals surface area (Å²) in [5.74, 6) is 0.129. The van der Waals surface area contributed by atoms with Crippen molar-refractivity contribution < 1.29 is 22.7 Å². The predicted octanol–water partition coefficient (Wildman–Crippen LogP) is 6.08. The fourth-order valence-corrected chi connectivity index (χ4v) is 3.39. The molecule has 0 radical (unpaired) electrons. The molecule has 0 spiro atoms. The minimum Gasteiger partial charge on any atom is -0.543 e. The van der Waals surface area contributed by atoms with E-state index >= 15 is 0 Å². The van der Waals surface area contributed by atoms with Crippen molar-refractivity contribution in [3.8, 4) is 0 Å². The minimum atomic E-state index is -4.73. The summed E-state index contributed by atoms with van der Waals surface area (Å²) >= 11 is 1.55. The average Bonchev–Trinajstić information content (AvgIpc) is 2.49. The lowest BCUT2D eigenvalue weighted by Gasteiger charge is -2.38. The van der Waals surface area contributed by atoms with Gasteiger partial charge in [0, 0.05) is 16.0 Å². The summed E-state index contributed by atoms with van der Waals surface area (Å²) in [4.78, 5) is 1.00. The highest BCUT2D eigenvalue weighted by molar-refractivity contribution is 7.98. The lowest BCUT2D eigenvalue weighted by atomic mass is 10.0. The molecular weight excluding hydrogens is 365 g/mol. The zero-order chi connectivity index (χ0) is 19.6. The van der Waals surface area contributed by atoms with Gasteiger partial charge in [-0.2, -0.15) is 13.2 Å². The Morgan fingerprint density at radius 3 is 1.96 bits per heavy atom. The van der Waals surface area contributed by atoms with Crippen LogP contribution in [0, 0.1) is 0 Å². The topological polar surface area (TPSA) is 29.5 Å². The monoisotopic (exact) mass is 392 g/mol. The van der Waals surface area contributed by atoms with Gasteiger partial charge >= 0.3 is 6.18 Å². The Bertz CT molecular complexity index is 617. The lowest BCUT2D eigenvalue weighted by Crippen LogP contribution is -2.41. The largest absolute Gasteiger partial charge is 0.543 e. The first-order valence-electron chi connectivity index (χ1n) is 7.99. The quantitative estimate of drug-likeness (QED) is 0.374. The van der Waals surface area contributed by atoms with Crippen LogP contribution in [0.3, 0.4) is 0 Å². The van der Waals surface area contributed by atoms with Crippen LogP contribution in [0.2, 0.25) is 18.1 Å². The van der Waals surface area contributed by atoms with Gasteiger partial charge < -0.3 is 9.53 Å². The average molecular weight is 393 g/mol. The molecule has 1 aromatic rings. The molecule has 0 fully saturated rings. The second-order valence-corrected chi connectivity index (χ2v) is 13.2. The molecular formula is C18H27F3O2SSi. The third kappa shape index (κ3) is 5.52. The van der Waals surface area contributed by atoms with E-state index in [-0.39, 0.29) is 16.4 Å². The van der Waals surface area contributed by atoms with Gasteiger partial charge in [0.05, 0.1) is 0 Å². The van der Waals surface area contributed by atoms with Crippen molar-refractivity contribution in [1.82, 2.24) is 0 Å². The van der Waals surface area contributed by atoms with Crippen molar-refractivity contribution in [3.63, 3.8) is 0 Å². The minimum absolute atomic E-state index is 0.129. The molecule has 0 aliphatic rings. The number of halogens is 3. The molecule has 25 heavy (non-hydrogen) atoms. The zero-order valence-electron chi connectivity index (χ0n) is 15.8. The van der Waals surface area contributed by atoms with Gasteiger partial charge in [0.2, 0.25) is 0 Å². The first kappa shape index (κ1) is 22.1. The zero-order valence-corrected chi connectivity index (χ0v) is 17.6. The standard InChI is InChI=1S/C18H27F3O2SSi/c1-12(16(22)18(19,20)21)15(23-25(6,7)17(2,3)4)13-8-10-14(24-5)11-9-13/h8-11,16,22H,1-7H3/b15-12-/t16-/m1/s1. The number of benzene rings is 1. The van der Waals surface area contributed by atoms with E-state index in [0.29, 0.717) is 5.56 Å². The number of hydrogen-bond donors (Lipinski definition) is 1. The van der Waals surface area contributed by atoms with Gasteiger partial charge in [0.15, 0.2) is 6.10 Å².